The predicted molar refractivity (Wildman–Crippen MR) is 502 cm³/mol. The number of rotatable bonds is 37. The first-order valence-corrected chi connectivity index (χ1v) is 41.5. The Bertz CT molecular complexity index is 5710. The van der Waals surface area contributed by atoms with Gasteiger partial charge >= 0.3 is 12.2 Å². The summed E-state index contributed by atoms with van der Waals surface area (Å²) < 4.78 is 10.8. The Kier molecular flexibility index (Phi) is 35.4. The van der Waals surface area contributed by atoms with E-state index in [1.165, 1.54) is 14.1 Å². The fraction of sp³-hybridized carbons (Fsp3) is 0.247. The van der Waals surface area contributed by atoms with Gasteiger partial charge in [0.15, 0.2) is 0 Å². The zero-order chi connectivity index (χ0) is 88.1. The summed E-state index contributed by atoms with van der Waals surface area (Å²) in [4.78, 5) is 174. The van der Waals surface area contributed by atoms with E-state index in [1.54, 1.807) is 84.9 Å². The van der Waals surface area contributed by atoms with Crippen molar-refractivity contribution in [3.05, 3.63) is 270 Å². The number of aromatic amines is 2. The van der Waals surface area contributed by atoms with Crippen LogP contribution in [0.3, 0.4) is 0 Å². The molecule has 3 aromatic heterocycles. The molecule has 7 aromatic carbocycles. The summed E-state index contributed by atoms with van der Waals surface area (Å²) in [5.41, 5.74) is 21.5. The lowest BCUT2D eigenvalue weighted by atomic mass is 10.0. The number of nitrogens with zero attached hydrogens (tertiary/aromatic N) is 5. The number of likely N-dealkylation sites (N-methyl/N-ethyl adjacent to an activating group) is 2. The van der Waals surface area contributed by atoms with Gasteiger partial charge in [0.1, 0.15) is 44.4 Å². The molecule has 2 aliphatic rings. The molecule has 3 atom stereocenters. The van der Waals surface area contributed by atoms with Crippen molar-refractivity contribution in [2.75, 3.05) is 65.2 Å². The molecule has 10 aromatic rings. The first-order chi connectivity index (χ1) is 60.6. The monoisotopic (exact) mass is 1840 g/mol. The highest BCUT2D eigenvalue weighted by Gasteiger charge is 2.37. The second kappa shape index (κ2) is 47.2. The lowest BCUT2D eigenvalue weighted by Crippen LogP contribution is -2.57. The number of ether oxygens (including phenoxy) is 2. The molecule has 28 nitrogen and oxygen atoms in total. The van der Waals surface area contributed by atoms with E-state index < -0.39 is 116 Å². The Morgan fingerprint density at radius 3 is 1.27 bits per heavy atom. The van der Waals surface area contributed by atoms with E-state index in [0.29, 0.717) is 39.5 Å². The number of fused-ring (bicyclic) bond motifs is 8. The van der Waals surface area contributed by atoms with Crippen molar-refractivity contribution in [1.82, 2.24) is 66.5 Å². The fourth-order valence-electron chi connectivity index (χ4n) is 14.5. The normalized spacial score (nSPS) is 11.8. The smallest absolute Gasteiger partial charge is 0.410 e. The van der Waals surface area contributed by atoms with Crippen molar-refractivity contribution in [3.8, 4) is 44.5 Å². The van der Waals surface area contributed by atoms with E-state index in [0.717, 1.165) is 93.3 Å². The highest BCUT2D eigenvalue weighted by molar-refractivity contribution is 8.93. The molecule has 0 fully saturated rings. The van der Waals surface area contributed by atoms with Crippen LogP contribution in [0, 0.1) is 5.92 Å². The summed E-state index contributed by atoms with van der Waals surface area (Å²) in [5, 5.41) is 18.6. The summed E-state index contributed by atoms with van der Waals surface area (Å²) in [6.45, 7) is 1.26. The van der Waals surface area contributed by atoms with Crippen molar-refractivity contribution < 1.29 is 62.2 Å². The van der Waals surface area contributed by atoms with E-state index in [2.05, 4.69) is 95.7 Å². The number of benzene rings is 7. The third-order valence-corrected chi connectivity index (χ3v) is 20.7. The topological polar surface area (TPSA) is 384 Å². The van der Waals surface area contributed by atoms with Gasteiger partial charge in [-0.1, -0.05) is 208 Å². The van der Waals surface area contributed by atoms with Gasteiger partial charge in [0.25, 0.3) is 0 Å². The van der Waals surface area contributed by atoms with Crippen molar-refractivity contribution in [2.24, 2.45) is 11.7 Å². The van der Waals surface area contributed by atoms with E-state index in [1.807, 2.05) is 135 Å². The van der Waals surface area contributed by atoms with Crippen LogP contribution in [0.5, 0.6) is 0 Å². The lowest BCUT2D eigenvalue weighted by molar-refractivity contribution is -0.153. The van der Waals surface area contributed by atoms with Crippen LogP contribution >= 0.6 is 34.0 Å². The lowest BCUT2D eigenvalue weighted by Gasteiger charge is -2.31. The molecular formula is C97H103Br2N15O13. The number of halogens is 2. The molecule has 0 saturated carbocycles. The number of H-pyrrole nitrogens is 2. The van der Waals surface area contributed by atoms with Gasteiger partial charge in [0, 0.05) is 96.5 Å². The summed E-state index contributed by atoms with van der Waals surface area (Å²) in [6, 6.07) is 68.0. The number of nitrogens with one attached hydrogen (secondary N) is 9. The average Bonchev–Trinajstić information content (AvgIpc) is 1.63. The second-order valence-electron chi connectivity index (χ2n) is 30.6. The molecule has 0 unspecified atom stereocenters. The number of hydrogen-bond donors (Lipinski definition) is 10. The average molecular weight is 1850 g/mol. The molecule has 8 bridgehead atoms. The number of imide groups is 1. The first-order valence-electron chi connectivity index (χ1n) is 41.5. The Morgan fingerprint density at radius 2 is 0.819 bits per heavy atom. The Hall–Kier alpha value is -14.0. The number of carbonyl (C=O) groups is 11. The molecule has 0 spiro atoms. The number of anilines is 1. The van der Waals surface area contributed by atoms with Crippen LogP contribution < -0.4 is 43.0 Å². The van der Waals surface area contributed by atoms with Gasteiger partial charge in [-0.2, -0.15) is 0 Å². The number of amides is 11. The molecule has 2 aliphatic heterocycles. The van der Waals surface area contributed by atoms with Crippen LogP contribution in [0.15, 0.2) is 231 Å². The van der Waals surface area contributed by atoms with Gasteiger partial charge in [-0.05, 0) is 138 Å². The van der Waals surface area contributed by atoms with E-state index in [4.69, 9.17) is 25.2 Å². The maximum Gasteiger partial charge on any atom is 0.410 e. The SMILES string of the molecule is Br.Br.CC(C)C[C@H](NC(=O)[C@H](Cc1ccccc1)NC(=O)CNC(=O)[C@H](CCCCN)N(C(=O)CCC(=O)Nc1ccc(-c2c3nc(c(-c4ccccc4)c4ccc([nH]4)c(-c4ccccc4)c4nc(c(-c5ccccc5)c5ccc2[nH]5)C=C4)C=C3)cc1)C(=O)CN(C)C(=O)OCc1ccccc1)C(=O)NCC(=O)NCCNC(=O)CN(C)C(=O)OCc1ccccc1. The second-order valence-corrected chi connectivity index (χ2v) is 30.6. The molecular weight excluding hydrogens is 1740 g/mol. The number of hydrogen-bond acceptors (Lipinski definition) is 16. The van der Waals surface area contributed by atoms with E-state index >= 15 is 0 Å². The molecule has 12 rings (SSSR count). The van der Waals surface area contributed by atoms with E-state index in [9.17, 15) is 52.7 Å². The van der Waals surface area contributed by atoms with Crippen LogP contribution in [0.2, 0.25) is 0 Å². The number of carbonyl (C=O) groups excluding carboxylic acids is 11. The van der Waals surface area contributed by atoms with Crippen LogP contribution in [-0.4, -0.2) is 178 Å². The predicted octanol–water partition coefficient (Wildman–Crippen LogP) is 13.3. The minimum Gasteiger partial charge on any atom is -0.445 e. The molecule has 127 heavy (non-hydrogen) atoms. The highest BCUT2D eigenvalue weighted by Crippen LogP contribution is 2.39. The van der Waals surface area contributed by atoms with Gasteiger partial charge in [-0.25, -0.2) is 19.6 Å². The van der Waals surface area contributed by atoms with Crippen molar-refractivity contribution >= 4 is 151 Å². The summed E-state index contributed by atoms with van der Waals surface area (Å²) in [7, 11) is 2.69. The first kappa shape index (κ1) is 95.3. The van der Waals surface area contributed by atoms with Gasteiger partial charge in [0.2, 0.25) is 53.2 Å². The van der Waals surface area contributed by atoms with Crippen molar-refractivity contribution in [2.45, 2.75) is 90.1 Å². The third-order valence-electron chi connectivity index (χ3n) is 20.7. The van der Waals surface area contributed by atoms with Crippen LogP contribution in [0.25, 0.3) is 90.9 Å². The molecule has 5 heterocycles. The standard InChI is InChI=1S/C97H101N15O13.2BrH/c1-63(2)55-80(93(119)101-57-84(114)99-53-54-100-86(116)59-110(3)96(122)124-61-65-27-13-6-14-28-65)109-94(120)81(56-64-25-11-5-12-26-64)108-85(115)58-102-95(121)82(37-23-24-52-98)112(88(118)60-111(4)97(123)125-62-66-29-15-7-16-30-66)87(117)51-50-83(113)103-71-40-38-70(39-41-71)92-78-48-46-76(106-78)90(68-33-19-9-20-34-68)74-44-42-72(104-74)89(67-31-17-8-18-32-67)73-43-45-75(105-73)91(69-35-21-10-22-36-69)77-47-49-79(92)107-77;;/h5-22,25-36,38-49,63,80-82,104,107H,23-24,37,50-62,98H2,1-4H3,(H,99,114)(H,100,116)(H,101,119)(H,102,121)(H,103,113)(H,108,115)(H,109,120);2*1H/t80-,81-,82-;;/m0../s1. The van der Waals surface area contributed by atoms with Crippen LogP contribution in [-0.2, 0) is 72.3 Å². The summed E-state index contributed by atoms with van der Waals surface area (Å²) >= 11 is 0. The number of unbranched alkanes of at least 4 members (excludes halogenated alkanes) is 1. The molecule has 11 N–H and O–H groups in total. The molecule has 0 aliphatic carbocycles. The van der Waals surface area contributed by atoms with Gasteiger partial charge in [0.05, 0.1) is 35.9 Å². The summed E-state index contributed by atoms with van der Waals surface area (Å²) in [5.74, 6) is -7.24. The fourth-order valence-corrected chi connectivity index (χ4v) is 14.5. The molecule has 0 saturated heterocycles. The highest BCUT2D eigenvalue weighted by atomic mass is 79.9. The Morgan fingerprint density at radius 1 is 0.409 bits per heavy atom. The molecule has 30 heteroatoms. The third kappa shape index (κ3) is 26.8. The minimum atomic E-state index is -1.64. The van der Waals surface area contributed by atoms with E-state index in [-0.39, 0.29) is 105 Å². The maximum absolute atomic E-state index is 15.0. The van der Waals surface area contributed by atoms with Gasteiger partial charge in [-0.3, -0.25) is 48.1 Å². The quantitative estimate of drug-likeness (QED) is 0.0162. The van der Waals surface area contributed by atoms with Gasteiger partial charge < -0.3 is 72.2 Å². The maximum atomic E-state index is 15.0. The number of nitrogens with two attached hydrogens (primary N) is 1. The minimum absolute atomic E-state index is 0. The summed E-state index contributed by atoms with van der Waals surface area (Å²) in [6.07, 6.45) is 5.71. The van der Waals surface area contributed by atoms with Crippen LogP contribution in [0.4, 0.5) is 15.3 Å². The Balaban J connectivity index is 0.00000841. The van der Waals surface area contributed by atoms with Gasteiger partial charge in [-0.15, -0.1) is 34.0 Å². The van der Waals surface area contributed by atoms with Crippen molar-refractivity contribution in [3.63, 3.8) is 0 Å². The van der Waals surface area contributed by atoms with Crippen molar-refractivity contribution in [1.29, 1.82) is 0 Å². The zero-order valence-electron chi connectivity index (χ0n) is 70.8. The molecule has 11 amide bonds. The molecule has 658 valence electrons. The zero-order valence-corrected chi connectivity index (χ0v) is 74.2. The number of aromatic nitrogens is 4. The largest absolute Gasteiger partial charge is 0.445 e. The molecule has 0 radical (unpaired) electrons. The Labute approximate surface area is 756 Å². The van der Waals surface area contributed by atoms with Crippen LogP contribution in [0.1, 0.15) is 91.8 Å².